The number of carbonyl (C=O) groups is 7. The molecule has 6 amide bonds. The highest BCUT2D eigenvalue weighted by Gasteiger charge is 2.12. The Bertz CT molecular complexity index is 2100. The molecule has 0 saturated heterocycles. The molecular formula is C43H69N15O7. The third-order valence-electron chi connectivity index (χ3n) is 8.64. The molecule has 0 radical (unpaired) electrons. The Labute approximate surface area is 381 Å². The summed E-state index contributed by atoms with van der Waals surface area (Å²) in [5, 5.41) is 18.4. The van der Waals surface area contributed by atoms with Gasteiger partial charge >= 0.3 is 0 Å². The van der Waals surface area contributed by atoms with Crippen molar-refractivity contribution < 1.29 is 33.6 Å². The van der Waals surface area contributed by atoms with Crippen LogP contribution >= 0.6 is 0 Å². The summed E-state index contributed by atoms with van der Waals surface area (Å²) < 4.78 is 8.93. The minimum Gasteiger partial charge on any atom is -0.359 e. The van der Waals surface area contributed by atoms with Crippen molar-refractivity contribution >= 4 is 66.8 Å². The van der Waals surface area contributed by atoms with E-state index in [0.29, 0.717) is 55.9 Å². The molecule has 0 aliphatic carbocycles. The molecule has 0 unspecified atom stereocenters. The molecule has 22 heteroatoms. The predicted octanol–water partition coefficient (Wildman–Crippen LogP) is 3.22. The number of anilines is 4. The van der Waals surface area contributed by atoms with Crippen molar-refractivity contribution in [2.24, 2.45) is 41.2 Å². The van der Waals surface area contributed by atoms with Gasteiger partial charge in [-0.05, 0) is 65.3 Å². The summed E-state index contributed by atoms with van der Waals surface area (Å²) in [5.41, 5.74) is 3.85. The minimum absolute atomic E-state index is 0.164. The highest BCUT2D eigenvalue weighted by atomic mass is 16.2. The van der Waals surface area contributed by atoms with Crippen LogP contribution in [0.25, 0.3) is 0 Å². The second-order valence-corrected chi connectivity index (χ2v) is 14.5. The van der Waals surface area contributed by atoms with Gasteiger partial charge in [-0.15, -0.1) is 0 Å². The number of rotatable bonds is 18. The molecule has 0 saturated carbocycles. The molecule has 7 N–H and O–H groups in total. The van der Waals surface area contributed by atoms with Crippen molar-refractivity contribution in [3.8, 4) is 0 Å². The molecule has 22 nitrogen and oxygen atoms in total. The highest BCUT2D eigenvalue weighted by molar-refractivity contribution is 6.01. The molecule has 0 aliphatic heterocycles. The second-order valence-electron chi connectivity index (χ2n) is 14.5. The Kier molecular flexibility index (Phi) is 29.5. The molecule has 5 aromatic rings. The van der Waals surface area contributed by atoms with Gasteiger partial charge in [0.1, 0.15) is 5.82 Å². The van der Waals surface area contributed by atoms with Crippen LogP contribution in [0.4, 0.5) is 23.0 Å². The Hall–Kier alpha value is -7.36. The van der Waals surface area contributed by atoms with E-state index in [1.807, 2.05) is 94.1 Å². The number of imidazole rings is 3. The fraction of sp³-hybridized carbons (Fsp3) is 0.442. The molecule has 5 aromatic heterocycles. The van der Waals surface area contributed by atoms with Crippen LogP contribution in [0.2, 0.25) is 0 Å². The van der Waals surface area contributed by atoms with Crippen molar-refractivity contribution in [2.45, 2.75) is 60.8 Å². The number of hydrogen-bond donors (Lipinski definition) is 7. The number of amides is 6. The molecular weight excluding hydrogens is 839 g/mol. The van der Waals surface area contributed by atoms with Crippen LogP contribution in [-0.2, 0) is 59.2 Å². The average Bonchev–Trinajstić information content (AvgIpc) is 4.07. The maximum atomic E-state index is 11.8. The van der Waals surface area contributed by atoms with Gasteiger partial charge in [0.05, 0.1) is 11.4 Å². The molecule has 5 heterocycles. The molecule has 0 fully saturated rings. The number of carbonyl (C=O) groups excluding carboxylic acids is 7. The number of nitrogens with one attached hydrogen (secondary N) is 7. The van der Waals surface area contributed by atoms with Gasteiger partial charge in [-0.2, -0.15) is 0 Å². The van der Waals surface area contributed by atoms with Crippen molar-refractivity contribution in [3.63, 3.8) is 0 Å². The van der Waals surface area contributed by atoms with E-state index in [2.05, 4.69) is 66.0 Å². The van der Waals surface area contributed by atoms with E-state index in [1.54, 1.807) is 43.4 Å². The van der Waals surface area contributed by atoms with Crippen LogP contribution in [0.1, 0.15) is 78.5 Å². The van der Waals surface area contributed by atoms with Gasteiger partial charge in [0.2, 0.25) is 31.5 Å². The van der Waals surface area contributed by atoms with E-state index < -0.39 is 0 Å². The zero-order valence-corrected chi connectivity index (χ0v) is 39.8. The Balaban J connectivity index is 0.000000781. The number of aryl methyl sites for hydroxylation is 8. The first-order valence-electron chi connectivity index (χ1n) is 20.6. The van der Waals surface area contributed by atoms with Gasteiger partial charge in [0.25, 0.3) is 5.91 Å². The van der Waals surface area contributed by atoms with Crippen molar-refractivity contribution in [1.82, 2.24) is 53.7 Å². The van der Waals surface area contributed by atoms with Gasteiger partial charge in [-0.25, -0.2) is 15.0 Å². The normalized spacial score (nSPS) is 9.62. The first kappa shape index (κ1) is 57.6. The fourth-order valence-electron chi connectivity index (χ4n) is 4.76. The zero-order chi connectivity index (χ0) is 49.3. The number of aldehydes is 1. The summed E-state index contributed by atoms with van der Waals surface area (Å²) in [4.78, 5) is 84.5. The third kappa shape index (κ3) is 24.8. The molecule has 0 atom stereocenters. The van der Waals surface area contributed by atoms with Crippen LogP contribution in [-0.4, -0.2) is 108 Å². The van der Waals surface area contributed by atoms with Crippen molar-refractivity contribution in [2.75, 3.05) is 47.9 Å². The molecule has 0 spiro atoms. The van der Waals surface area contributed by atoms with E-state index in [4.69, 9.17) is 0 Å². The van der Waals surface area contributed by atoms with E-state index in [9.17, 15) is 33.6 Å². The highest BCUT2D eigenvalue weighted by Crippen LogP contribution is 2.13. The average molecular weight is 908 g/mol. The summed E-state index contributed by atoms with van der Waals surface area (Å²) in [6.07, 6.45) is 16.0. The van der Waals surface area contributed by atoms with Crippen molar-refractivity contribution in [3.05, 3.63) is 78.2 Å². The predicted molar refractivity (Wildman–Crippen MR) is 252 cm³/mol. The van der Waals surface area contributed by atoms with E-state index in [-0.39, 0.29) is 24.1 Å². The van der Waals surface area contributed by atoms with Crippen LogP contribution in [0.15, 0.2) is 49.3 Å². The molecule has 0 aliphatic rings. The Morgan fingerprint density at radius 2 is 1.26 bits per heavy atom. The minimum atomic E-state index is -0.196. The van der Waals surface area contributed by atoms with Gasteiger partial charge in [-0.1, -0.05) is 20.8 Å². The van der Waals surface area contributed by atoms with Gasteiger partial charge < -0.3 is 60.1 Å². The topological polar surface area (TPSA) is 267 Å². The first-order valence-corrected chi connectivity index (χ1v) is 20.6. The van der Waals surface area contributed by atoms with E-state index in [0.717, 1.165) is 54.0 Å². The molecule has 0 bridgehead atoms. The van der Waals surface area contributed by atoms with Crippen LogP contribution < -0.4 is 37.2 Å². The summed E-state index contributed by atoms with van der Waals surface area (Å²) in [7, 11) is 11.2. The number of hydrogen-bond acceptors (Lipinski definition) is 11. The van der Waals surface area contributed by atoms with Crippen LogP contribution in [0.3, 0.4) is 0 Å². The van der Waals surface area contributed by atoms with E-state index >= 15 is 0 Å². The maximum absolute atomic E-state index is 11.8. The Morgan fingerprint density at radius 1 is 0.677 bits per heavy atom. The summed E-state index contributed by atoms with van der Waals surface area (Å²) in [6, 6.07) is 3.83. The van der Waals surface area contributed by atoms with Crippen LogP contribution in [0.5, 0.6) is 0 Å². The van der Waals surface area contributed by atoms with E-state index in [1.165, 1.54) is 11.0 Å². The van der Waals surface area contributed by atoms with Gasteiger partial charge in [0.15, 0.2) is 29.6 Å². The lowest BCUT2D eigenvalue weighted by atomic mass is 10.1. The lowest BCUT2D eigenvalue weighted by Crippen LogP contribution is -2.20. The SMILES string of the molecule is CCCNC=O.CNCCC(C)C.Cc1cc(NC(=O)c2nccn2C)cn1C.Cc1cc(NC=O)cn1C.Cc1nc(NC(=O)CCNC=O)cn1C.Cn1cc(NC=O)nc1C=O. The summed E-state index contributed by atoms with van der Waals surface area (Å²) in [6.45, 7) is 14.6. The van der Waals surface area contributed by atoms with Crippen molar-refractivity contribution in [1.29, 1.82) is 0 Å². The smallest absolute Gasteiger partial charge is 0.291 e. The lowest BCUT2D eigenvalue weighted by molar-refractivity contribution is -0.116. The largest absolute Gasteiger partial charge is 0.359 e. The third-order valence-corrected chi connectivity index (χ3v) is 8.64. The summed E-state index contributed by atoms with van der Waals surface area (Å²) >= 11 is 0. The number of aromatic nitrogens is 8. The quantitative estimate of drug-likeness (QED) is 0.0496. The first-order chi connectivity index (χ1) is 30.9. The lowest BCUT2D eigenvalue weighted by Gasteiger charge is -2.01. The second kappa shape index (κ2) is 33.2. The molecule has 65 heavy (non-hydrogen) atoms. The standard InChI is InChI=1S/C11H14N4O.C9H14N4O2.C7H10N2O.C6H7N3O2.C6H15N.C4H9NO/c1-8-6-9(7-15(8)3)13-11(16)10-12-4-5-14(10)2;1-7-11-8(5-13(7)2)12-9(15)3-4-10-6-14;1-6-3-7(8-5-10)4-9(6)2;1-9-2-5(7-4-11)8-6(9)3-10;1-6(2)4-5-7-3;1-2-3-5-4-6/h4-7H,1-3H3,(H,13,16);5-6H,3-4H2,1-2H3,(H,10,14)(H,12,15);3-5H,1-2H3,(H,8,10);2-4H,1H3,(H,7,11);6-7H,4-5H2,1-3H3;4H,2-3H2,1H3,(H,5,6). The number of nitrogens with zero attached hydrogens (tertiary/aromatic N) is 8. The molecule has 358 valence electrons. The fourth-order valence-corrected chi connectivity index (χ4v) is 4.76. The van der Waals surface area contributed by atoms with Gasteiger partial charge in [-0.3, -0.25) is 33.6 Å². The van der Waals surface area contributed by atoms with Gasteiger partial charge in [0, 0.05) is 103 Å². The molecule has 5 rings (SSSR count). The zero-order valence-electron chi connectivity index (χ0n) is 39.8. The Morgan fingerprint density at radius 3 is 1.66 bits per heavy atom. The monoisotopic (exact) mass is 908 g/mol. The van der Waals surface area contributed by atoms with Crippen LogP contribution in [0, 0.1) is 26.7 Å². The summed E-state index contributed by atoms with van der Waals surface area (Å²) in [5.74, 6) is 2.91. The molecule has 0 aromatic carbocycles. The maximum Gasteiger partial charge on any atom is 0.291 e.